The topological polar surface area (TPSA) is 59.0 Å². The summed E-state index contributed by atoms with van der Waals surface area (Å²) in [7, 11) is 0. The van der Waals surface area contributed by atoms with Gasteiger partial charge < -0.3 is 15.2 Å². The average molecular weight is 300 g/mol. The number of amides is 1. The zero-order chi connectivity index (χ0) is 15.6. The molecular weight excluding hydrogens is 276 g/mol. The summed E-state index contributed by atoms with van der Waals surface area (Å²) in [6.07, 6.45) is 2.02. The van der Waals surface area contributed by atoms with Crippen LogP contribution in [-0.2, 0) is 11.3 Å². The van der Waals surface area contributed by atoms with E-state index in [1.165, 1.54) is 0 Å². The molecule has 1 atom stereocenters. The molecule has 1 fully saturated rings. The normalized spacial score (nSPS) is 21.9. The Morgan fingerprint density at radius 2 is 2.27 bits per heavy atom. The SMILES string of the molecule is Cc1nc2ccccc2n1CCNC(=O)C1(C)CCCNC1. The summed E-state index contributed by atoms with van der Waals surface area (Å²) in [4.78, 5) is 17.0. The third-order valence-corrected chi connectivity index (χ3v) is 4.61. The van der Waals surface area contributed by atoms with Gasteiger partial charge in [-0.05, 0) is 45.4 Å². The highest BCUT2D eigenvalue weighted by Gasteiger charge is 2.34. The first kappa shape index (κ1) is 15.0. The number of nitrogens with one attached hydrogen (secondary N) is 2. The molecule has 0 radical (unpaired) electrons. The molecule has 0 saturated carbocycles. The maximum absolute atomic E-state index is 12.4. The van der Waals surface area contributed by atoms with E-state index in [0.29, 0.717) is 6.54 Å². The van der Waals surface area contributed by atoms with E-state index >= 15 is 0 Å². The number of para-hydroxylation sites is 2. The second-order valence-corrected chi connectivity index (χ2v) is 6.40. The second-order valence-electron chi connectivity index (χ2n) is 6.40. The van der Waals surface area contributed by atoms with Crippen LogP contribution in [0.1, 0.15) is 25.6 Å². The Morgan fingerprint density at radius 3 is 3.05 bits per heavy atom. The Hall–Kier alpha value is -1.88. The zero-order valence-corrected chi connectivity index (χ0v) is 13.4. The Balaban J connectivity index is 1.62. The molecule has 5 nitrogen and oxygen atoms in total. The van der Waals surface area contributed by atoms with Gasteiger partial charge in [0.1, 0.15) is 5.82 Å². The summed E-state index contributed by atoms with van der Waals surface area (Å²) in [5, 5.41) is 6.41. The van der Waals surface area contributed by atoms with Crippen LogP contribution in [0.15, 0.2) is 24.3 Å². The van der Waals surface area contributed by atoms with Crippen LogP contribution in [0.25, 0.3) is 11.0 Å². The number of hydrogen-bond acceptors (Lipinski definition) is 3. The van der Waals surface area contributed by atoms with E-state index in [4.69, 9.17) is 0 Å². The third kappa shape index (κ3) is 2.86. The zero-order valence-electron chi connectivity index (χ0n) is 13.4. The summed E-state index contributed by atoms with van der Waals surface area (Å²) < 4.78 is 2.16. The maximum Gasteiger partial charge on any atom is 0.227 e. The van der Waals surface area contributed by atoms with E-state index in [1.54, 1.807) is 0 Å². The van der Waals surface area contributed by atoms with Crippen LogP contribution in [0.5, 0.6) is 0 Å². The van der Waals surface area contributed by atoms with Crippen molar-refractivity contribution < 1.29 is 4.79 Å². The second kappa shape index (κ2) is 6.08. The van der Waals surface area contributed by atoms with Gasteiger partial charge in [-0.3, -0.25) is 4.79 Å². The number of fused-ring (bicyclic) bond motifs is 1. The van der Waals surface area contributed by atoms with E-state index in [1.807, 2.05) is 32.0 Å². The van der Waals surface area contributed by atoms with Crippen LogP contribution < -0.4 is 10.6 Å². The number of carbonyl (C=O) groups is 1. The van der Waals surface area contributed by atoms with Gasteiger partial charge in [-0.25, -0.2) is 4.98 Å². The van der Waals surface area contributed by atoms with Crippen LogP contribution in [-0.4, -0.2) is 35.1 Å². The maximum atomic E-state index is 12.4. The molecule has 1 unspecified atom stereocenters. The van der Waals surface area contributed by atoms with Crippen molar-refractivity contribution in [2.45, 2.75) is 33.2 Å². The Bertz CT molecular complexity index is 670. The Labute approximate surface area is 131 Å². The number of piperidine rings is 1. The molecule has 1 saturated heterocycles. The lowest BCUT2D eigenvalue weighted by atomic mass is 9.82. The number of aryl methyl sites for hydroxylation is 1. The minimum absolute atomic E-state index is 0.154. The van der Waals surface area contributed by atoms with E-state index in [-0.39, 0.29) is 11.3 Å². The Morgan fingerprint density at radius 1 is 1.45 bits per heavy atom. The molecule has 22 heavy (non-hydrogen) atoms. The highest BCUT2D eigenvalue weighted by Crippen LogP contribution is 2.25. The summed E-state index contributed by atoms with van der Waals surface area (Å²) in [6, 6.07) is 8.11. The quantitative estimate of drug-likeness (QED) is 0.906. The van der Waals surface area contributed by atoms with Crippen molar-refractivity contribution >= 4 is 16.9 Å². The summed E-state index contributed by atoms with van der Waals surface area (Å²) in [5.41, 5.74) is 1.86. The van der Waals surface area contributed by atoms with Gasteiger partial charge in [-0.15, -0.1) is 0 Å². The fraction of sp³-hybridized carbons (Fsp3) is 0.529. The fourth-order valence-electron chi connectivity index (χ4n) is 3.22. The van der Waals surface area contributed by atoms with Crippen LogP contribution in [0.2, 0.25) is 0 Å². The summed E-state index contributed by atoms with van der Waals surface area (Å²) in [6.45, 7) is 7.23. The third-order valence-electron chi connectivity index (χ3n) is 4.61. The number of hydrogen-bond donors (Lipinski definition) is 2. The summed E-state index contributed by atoms with van der Waals surface area (Å²) in [5.74, 6) is 1.14. The van der Waals surface area contributed by atoms with Crippen LogP contribution >= 0.6 is 0 Å². The lowest BCUT2D eigenvalue weighted by Crippen LogP contribution is -2.49. The van der Waals surface area contributed by atoms with Crippen molar-refractivity contribution in [2.24, 2.45) is 5.41 Å². The van der Waals surface area contributed by atoms with Crippen molar-refractivity contribution in [1.82, 2.24) is 20.2 Å². The molecule has 3 rings (SSSR count). The molecule has 0 spiro atoms. The van der Waals surface area contributed by atoms with Gasteiger partial charge in [-0.2, -0.15) is 0 Å². The molecule has 1 aromatic heterocycles. The van der Waals surface area contributed by atoms with Crippen molar-refractivity contribution in [3.05, 3.63) is 30.1 Å². The van der Waals surface area contributed by atoms with Crippen LogP contribution in [0, 0.1) is 12.3 Å². The molecule has 1 amide bonds. The van der Waals surface area contributed by atoms with Gasteiger partial charge in [-0.1, -0.05) is 12.1 Å². The average Bonchev–Trinajstić information content (AvgIpc) is 2.84. The van der Waals surface area contributed by atoms with Crippen molar-refractivity contribution in [1.29, 1.82) is 0 Å². The van der Waals surface area contributed by atoms with E-state index in [0.717, 1.165) is 49.3 Å². The fourth-order valence-corrected chi connectivity index (χ4v) is 3.22. The largest absolute Gasteiger partial charge is 0.354 e. The van der Waals surface area contributed by atoms with Gasteiger partial charge in [0.15, 0.2) is 0 Å². The van der Waals surface area contributed by atoms with Crippen LogP contribution in [0.4, 0.5) is 0 Å². The van der Waals surface area contributed by atoms with E-state index < -0.39 is 0 Å². The highest BCUT2D eigenvalue weighted by molar-refractivity contribution is 5.82. The van der Waals surface area contributed by atoms with Crippen LogP contribution in [0.3, 0.4) is 0 Å². The number of benzene rings is 1. The number of aromatic nitrogens is 2. The molecule has 5 heteroatoms. The molecular formula is C17H24N4O. The summed E-state index contributed by atoms with van der Waals surface area (Å²) >= 11 is 0. The molecule has 2 aromatic rings. The van der Waals surface area contributed by atoms with E-state index in [9.17, 15) is 4.79 Å². The number of rotatable bonds is 4. The number of imidazole rings is 1. The molecule has 0 aliphatic carbocycles. The first-order valence-corrected chi connectivity index (χ1v) is 8.01. The molecule has 1 aliphatic heterocycles. The standard InChI is InChI=1S/C17H24N4O/c1-13-20-14-6-3-4-7-15(14)21(13)11-10-19-16(22)17(2)8-5-9-18-12-17/h3-4,6-7,18H,5,8-12H2,1-2H3,(H,19,22). The monoisotopic (exact) mass is 300 g/mol. The van der Waals surface area contributed by atoms with Gasteiger partial charge in [0.2, 0.25) is 5.91 Å². The lowest BCUT2D eigenvalue weighted by molar-refractivity contribution is -0.131. The molecule has 1 aromatic carbocycles. The highest BCUT2D eigenvalue weighted by atomic mass is 16.2. The molecule has 2 heterocycles. The van der Waals surface area contributed by atoms with E-state index in [2.05, 4.69) is 26.3 Å². The van der Waals surface area contributed by atoms with Gasteiger partial charge >= 0.3 is 0 Å². The molecule has 118 valence electrons. The molecule has 2 N–H and O–H groups in total. The predicted molar refractivity (Wildman–Crippen MR) is 87.7 cm³/mol. The molecule has 1 aliphatic rings. The van der Waals surface area contributed by atoms with Gasteiger partial charge in [0.05, 0.1) is 16.4 Å². The van der Waals surface area contributed by atoms with Crippen molar-refractivity contribution in [3.63, 3.8) is 0 Å². The van der Waals surface area contributed by atoms with Crippen molar-refractivity contribution in [2.75, 3.05) is 19.6 Å². The van der Waals surface area contributed by atoms with Gasteiger partial charge in [0.25, 0.3) is 0 Å². The lowest BCUT2D eigenvalue weighted by Gasteiger charge is -2.32. The van der Waals surface area contributed by atoms with Gasteiger partial charge in [0, 0.05) is 19.6 Å². The predicted octanol–water partition coefficient (Wildman–Crippen LogP) is 1.85. The minimum Gasteiger partial charge on any atom is -0.354 e. The first-order chi connectivity index (χ1) is 10.6. The minimum atomic E-state index is -0.274. The molecule has 0 bridgehead atoms. The number of carbonyl (C=O) groups excluding carboxylic acids is 1. The number of nitrogens with zero attached hydrogens (tertiary/aromatic N) is 2. The smallest absolute Gasteiger partial charge is 0.227 e. The Kier molecular flexibility index (Phi) is 4.16. The van der Waals surface area contributed by atoms with Crippen molar-refractivity contribution in [3.8, 4) is 0 Å². The first-order valence-electron chi connectivity index (χ1n) is 8.01.